The smallest absolute Gasteiger partial charge is 0.226 e. The number of Topliss-reactive ketones (excluding diaryl/α,β-unsaturated/α-hetero) is 1. The van der Waals surface area contributed by atoms with Gasteiger partial charge < -0.3 is 14.8 Å². The fourth-order valence-electron chi connectivity index (χ4n) is 4.20. The molecule has 3 heterocycles. The van der Waals surface area contributed by atoms with Crippen LogP contribution in [0.2, 0.25) is 0 Å². The van der Waals surface area contributed by atoms with Crippen LogP contribution in [-0.2, 0) is 4.79 Å². The minimum absolute atomic E-state index is 0.0620. The van der Waals surface area contributed by atoms with Crippen LogP contribution in [0.5, 0.6) is 11.5 Å². The van der Waals surface area contributed by atoms with Crippen molar-refractivity contribution in [3.05, 3.63) is 63.7 Å². The Kier molecular flexibility index (Phi) is 4.35. The van der Waals surface area contributed by atoms with Gasteiger partial charge in [-0.25, -0.2) is 4.68 Å². The number of ketones is 1. The van der Waals surface area contributed by atoms with Crippen molar-refractivity contribution in [3.63, 3.8) is 0 Å². The van der Waals surface area contributed by atoms with Gasteiger partial charge in [0, 0.05) is 22.6 Å². The first-order chi connectivity index (χ1) is 14.2. The summed E-state index contributed by atoms with van der Waals surface area (Å²) in [4.78, 5) is 18.7. The molecule has 7 nitrogen and oxygen atoms in total. The Labute approximate surface area is 172 Å². The normalized spacial score (nSPS) is 20.7. The number of carbonyl (C=O) groups excluding carboxylic acids is 1. The largest absolute Gasteiger partial charge is 0.493 e. The van der Waals surface area contributed by atoms with Gasteiger partial charge in [-0.1, -0.05) is 12.1 Å². The first kappa shape index (κ1) is 17.9. The standard InChI is InChI=1S/C21H20N4O3S/c1-27-16-6-5-12(10-17(16)28-2)13-8-14-19(15(26)9-13)20(18-4-3-7-29-18)25-21(24-14)22-11-23-25/h3-7,10-11,13,20H,8-9H2,1-2H3,(H,22,23,24)/t13-,20+/m0/s1. The Balaban J connectivity index is 1.54. The van der Waals surface area contributed by atoms with Crippen LogP contribution in [0.25, 0.3) is 0 Å². The van der Waals surface area contributed by atoms with Crippen molar-refractivity contribution in [3.8, 4) is 11.5 Å². The van der Waals surface area contributed by atoms with Crippen LogP contribution < -0.4 is 14.8 Å². The summed E-state index contributed by atoms with van der Waals surface area (Å²) >= 11 is 1.63. The number of rotatable bonds is 4. The van der Waals surface area contributed by atoms with Crippen LogP contribution in [-0.4, -0.2) is 34.8 Å². The second-order valence-corrected chi connectivity index (χ2v) is 8.09. The number of nitrogens with one attached hydrogen (secondary N) is 1. The third-order valence-corrected chi connectivity index (χ3v) is 6.48. The van der Waals surface area contributed by atoms with Gasteiger partial charge in [0.25, 0.3) is 0 Å². The van der Waals surface area contributed by atoms with Gasteiger partial charge in [0.2, 0.25) is 5.95 Å². The number of methoxy groups -OCH3 is 2. The van der Waals surface area contributed by atoms with Crippen molar-refractivity contribution in [2.45, 2.75) is 24.8 Å². The van der Waals surface area contributed by atoms with Crippen molar-refractivity contribution in [1.29, 1.82) is 0 Å². The molecule has 0 unspecified atom stereocenters. The second-order valence-electron chi connectivity index (χ2n) is 7.11. The minimum atomic E-state index is -0.220. The highest BCUT2D eigenvalue weighted by Gasteiger charge is 2.39. The highest BCUT2D eigenvalue weighted by atomic mass is 32.1. The summed E-state index contributed by atoms with van der Waals surface area (Å²) in [7, 11) is 3.24. The lowest BCUT2D eigenvalue weighted by Gasteiger charge is -2.34. The van der Waals surface area contributed by atoms with E-state index in [0.717, 1.165) is 28.1 Å². The van der Waals surface area contributed by atoms with Gasteiger partial charge >= 0.3 is 0 Å². The van der Waals surface area contributed by atoms with E-state index >= 15 is 0 Å². The third kappa shape index (κ3) is 2.91. The molecule has 1 aliphatic heterocycles. The molecule has 0 amide bonds. The van der Waals surface area contributed by atoms with Crippen molar-refractivity contribution >= 4 is 23.1 Å². The predicted octanol–water partition coefficient (Wildman–Crippen LogP) is 3.77. The maximum atomic E-state index is 13.3. The lowest BCUT2D eigenvalue weighted by Crippen LogP contribution is -2.33. The van der Waals surface area contributed by atoms with Crippen LogP contribution in [0.15, 0.2) is 53.3 Å². The zero-order chi connectivity index (χ0) is 20.0. The number of thiophene rings is 1. The Bertz CT molecular complexity index is 1100. The molecule has 0 saturated heterocycles. The van der Waals surface area contributed by atoms with Crippen molar-refractivity contribution in [1.82, 2.24) is 14.8 Å². The molecule has 0 spiro atoms. The fraction of sp³-hybridized carbons (Fsp3) is 0.286. The molecule has 0 fully saturated rings. The molecule has 0 saturated carbocycles. The van der Waals surface area contributed by atoms with Gasteiger partial charge in [-0.2, -0.15) is 10.1 Å². The van der Waals surface area contributed by atoms with E-state index in [0.29, 0.717) is 23.9 Å². The average Bonchev–Trinajstić information content (AvgIpc) is 3.43. The van der Waals surface area contributed by atoms with Crippen LogP contribution in [0.4, 0.5) is 5.95 Å². The van der Waals surface area contributed by atoms with E-state index in [-0.39, 0.29) is 17.7 Å². The van der Waals surface area contributed by atoms with E-state index in [1.54, 1.807) is 30.2 Å². The number of aromatic nitrogens is 3. The Morgan fingerprint density at radius 3 is 2.79 bits per heavy atom. The van der Waals surface area contributed by atoms with Gasteiger partial charge in [0.1, 0.15) is 12.4 Å². The van der Waals surface area contributed by atoms with Gasteiger partial charge in [0.05, 0.1) is 14.2 Å². The summed E-state index contributed by atoms with van der Waals surface area (Å²) in [5.41, 5.74) is 2.78. The number of allylic oxidation sites excluding steroid dienone is 2. The number of ether oxygens (including phenoxy) is 2. The van der Waals surface area contributed by atoms with Crippen molar-refractivity contribution < 1.29 is 14.3 Å². The first-order valence-corrected chi connectivity index (χ1v) is 10.3. The maximum Gasteiger partial charge on any atom is 0.226 e. The zero-order valence-electron chi connectivity index (χ0n) is 16.1. The molecule has 1 aromatic carbocycles. The van der Waals surface area contributed by atoms with Crippen molar-refractivity contribution in [2.75, 3.05) is 19.5 Å². The predicted molar refractivity (Wildman–Crippen MR) is 110 cm³/mol. The Morgan fingerprint density at radius 1 is 1.17 bits per heavy atom. The molecule has 2 aromatic heterocycles. The maximum absolute atomic E-state index is 13.3. The topological polar surface area (TPSA) is 78.3 Å². The summed E-state index contributed by atoms with van der Waals surface area (Å²) in [5.74, 6) is 2.22. The third-order valence-electron chi connectivity index (χ3n) is 5.55. The fourth-order valence-corrected chi connectivity index (χ4v) is 5.02. The Hall–Kier alpha value is -3.13. The molecule has 2 aliphatic rings. The summed E-state index contributed by atoms with van der Waals surface area (Å²) in [6, 6.07) is 9.69. The molecule has 5 rings (SSSR count). The second kappa shape index (κ2) is 7.04. The van der Waals surface area contributed by atoms with Gasteiger partial charge in [0.15, 0.2) is 17.3 Å². The molecule has 0 radical (unpaired) electrons. The number of hydrogen-bond donors (Lipinski definition) is 1. The average molecular weight is 408 g/mol. The van der Waals surface area contributed by atoms with Gasteiger partial charge in [-0.05, 0) is 41.5 Å². The molecular formula is C21H20N4O3S. The molecule has 8 heteroatoms. The Morgan fingerprint density at radius 2 is 2.03 bits per heavy atom. The van der Waals surface area contributed by atoms with Crippen LogP contribution in [0.3, 0.4) is 0 Å². The summed E-state index contributed by atoms with van der Waals surface area (Å²) < 4.78 is 12.6. The number of benzene rings is 1. The lowest BCUT2D eigenvalue weighted by atomic mass is 9.79. The van der Waals surface area contributed by atoms with E-state index in [2.05, 4.69) is 15.4 Å². The molecule has 148 valence electrons. The molecular weight excluding hydrogens is 388 g/mol. The monoisotopic (exact) mass is 408 g/mol. The van der Waals surface area contributed by atoms with E-state index in [4.69, 9.17) is 9.47 Å². The summed E-state index contributed by atoms with van der Waals surface area (Å²) in [6.45, 7) is 0. The SMILES string of the molecule is COc1ccc([C@@H]2CC(=O)C3=C(C2)Nc2ncnn2[C@@H]3c2cccs2)cc1OC. The molecule has 2 atom stereocenters. The molecule has 0 bridgehead atoms. The van der Waals surface area contributed by atoms with Crippen LogP contribution in [0.1, 0.15) is 35.2 Å². The van der Waals surface area contributed by atoms with Crippen molar-refractivity contribution in [2.24, 2.45) is 0 Å². The number of hydrogen-bond acceptors (Lipinski definition) is 7. The molecule has 1 N–H and O–H groups in total. The van der Waals surface area contributed by atoms with Gasteiger partial charge in [-0.15, -0.1) is 11.3 Å². The van der Waals surface area contributed by atoms with E-state index in [1.165, 1.54) is 6.33 Å². The number of anilines is 1. The minimum Gasteiger partial charge on any atom is -0.493 e. The van der Waals surface area contributed by atoms with Crippen LogP contribution in [0, 0.1) is 0 Å². The lowest BCUT2D eigenvalue weighted by molar-refractivity contribution is -0.116. The molecule has 1 aliphatic carbocycles. The number of carbonyl (C=O) groups is 1. The van der Waals surface area contributed by atoms with Gasteiger partial charge in [-0.3, -0.25) is 4.79 Å². The van der Waals surface area contributed by atoms with E-state index in [9.17, 15) is 4.79 Å². The van der Waals surface area contributed by atoms with E-state index < -0.39 is 0 Å². The first-order valence-electron chi connectivity index (χ1n) is 9.37. The highest BCUT2D eigenvalue weighted by molar-refractivity contribution is 7.10. The summed E-state index contributed by atoms with van der Waals surface area (Å²) in [5, 5.41) is 9.74. The molecule has 29 heavy (non-hydrogen) atoms. The summed E-state index contributed by atoms with van der Waals surface area (Å²) in [6.07, 6.45) is 2.70. The van der Waals surface area contributed by atoms with E-state index in [1.807, 2.05) is 35.7 Å². The van der Waals surface area contributed by atoms with Crippen LogP contribution >= 0.6 is 11.3 Å². The highest BCUT2D eigenvalue weighted by Crippen LogP contribution is 2.45. The zero-order valence-corrected chi connectivity index (χ0v) is 16.9. The number of fused-ring (bicyclic) bond motifs is 1. The quantitative estimate of drug-likeness (QED) is 0.708. The number of nitrogens with zero attached hydrogens (tertiary/aromatic N) is 3. The molecule has 3 aromatic rings.